The molecule has 0 saturated heterocycles. The van der Waals surface area contributed by atoms with Gasteiger partial charge in [0.25, 0.3) is 5.91 Å². The lowest BCUT2D eigenvalue weighted by molar-refractivity contribution is 0.0943. The van der Waals surface area contributed by atoms with E-state index in [0.717, 1.165) is 12.8 Å². The Balaban J connectivity index is 1.91. The normalized spacial score (nSPS) is 17.3. The fourth-order valence-corrected chi connectivity index (χ4v) is 2.79. The summed E-state index contributed by atoms with van der Waals surface area (Å²) in [7, 11) is 0. The number of carbonyl (C=O) groups is 1. The highest BCUT2D eigenvalue weighted by atomic mass is 32.2. The molecule has 5 heteroatoms. The van der Waals surface area contributed by atoms with E-state index in [0.29, 0.717) is 12.1 Å². The van der Waals surface area contributed by atoms with Crippen molar-refractivity contribution >= 4 is 17.7 Å². The van der Waals surface area contributed by atoms with E-state index in [-0.39, 0.29) is 10.7 Å². The SMILES string of the molecule is CSC1(CNC(=O)c2ccc(F)nc2)CCC1. The number of hydrogen-bond acceptors (Lipinski definition) is 3. The van der Waals surface area contributed by atoms with Crippen LogP contribution < -0.4 is 5.32 Å². The lowest BCUT2D eigenvalue weighted by Gasteiger charge is -2.40. The first-order chi connectivity index (χ1) is 8.15. The average molecular weight is 254 g/mol. The van der Waals surface area contributed by atoms with Gasteiger partial charge in [-0.3, -0.25) is 4.79 Å². The van der Waals surface area contributed by atoms with Crippen molar-refractivity contribution in [3.63, 3.8) is 0 Å². The van der Waals surface area contributed by atoms with Crippen molar-refractivity contribution in [3.8, 4) is 0 Å². The van der Waals surface area contributed by atoms with Gasteiger partial charge in [-0.15, -0.1) is 0 Å². The summed E-state index contributed by atoms with van der Waals surface area (Å²) in [5.41, 5.74) is 0.405. The second-order valence-corrected chi connectivity index (χ2v) is 5.57. The Hall–Kier alpha value is -1.10. The summed E-state index contributed by atoms with van der Waals surface area (Å²) in [4.78, 5) is 15.2. The summed E-state index contributed by atoms with van der Waals surface area (Å²) < 4.78 is 12.8. The van der Waals surface area contributed by atoms with Crippen molar-refractivity contribution in [2.45, 2.75) is 24.0 Å². The van der Waals surface area contributed by atoms with Crippen LogP contribution in [0.3, 0.4) is 0 Å². The van der Waals surface area contributed by atoms with Crippen LogP contribution in [0.1, 0.15) is 29.6 Å². The van der Waals surface area contributed by atoms with Crippen molar-refractivity contribution in [2.24, 2.45) is 0 Å². The van der Waals surface area contributed by atoms with E-state index >= 15 is 0 Å². The predicted molar refractivity (Wildman–Crippen MR) is 66.6 cm³/mol. The molecule has 1 aliphatic rings. The molecule has 2 rings (SSSR count). The second kappa shape index (κ2) is 5.04. The molecule has 0 unspecified atom stereocenters. The van der Waals surface area contributed by atoms with Crippen molar-refractivity contribution in [2.75, 3.05) is 12.8 Å². The Morgan fingerprint density at radius 1 is 1.59 bits per heavy atom. The summed E-state index contributed by atoms with van der Waals surface area (Å²) in [6, 6.07) is 2.65. The van der Waals surface area contributed by atoms with Gasteiger partial charge in [0.05, 0.1) is 5.56 Å². The van der Waals surface area contributed by atoms with Crippen molar-refractivity contribution < 1.29 is 9.18 Å². The van der Waals surface area contributed by atoms with Crippen LogP contribution in [0.4, 0.5) is 4.39 Å². The summed E-state index contributed by atoms with van der Waals surface area (Å²) >= 11 is 1.81. The molecular formula is C12H15FN2OS. The Morgan fingerprint density at radius 2 is 2.35 bits per heavy atom. The van der Waals surface area contributed by atoms with E-state index in [9.17, 15) is 9.18 Å². The zero-order chi connectivity index (χ0) is 12.3. The number of pyridine rings is 1. The Bertz CT molecular complexity index is 398. The fourth-order valence-electron chi connectivity index (χ4n) is 1.88. The molecule has 1 N–H and O–H groups in total. The van der Waals surface area contributed by atoms with Crippen LogP contribution in [-0.4, -0.2) is 28.4 Å². The molecule has 1 heterocycles. The van der Waals surface area contributed by atoms with Gasteiger partial charge in [0, 0.05) is 17.5 Å². The minimum Gasteiger partial charge on any atom is -0.351 e. The standard InChI is InChI=1S/C12H15FN2OS/c1-17-12(5-2-6-12)8-15-11(16)9-3-4-10(13)14-7-9/h3-4,7H,2,5-6,8H2,1H3,(H,15,16). The van der Waals surface area contributed by atoms with E-state index in [2.05, 4.69) is 16.6 Å². The molecular weight excluding hydrogens is 239 g/mol. The second-order valence-electron chi connectivity index (χ2n) is 4.29. The van der Waals surface area contributed by atoms with Crippen LogP contribution in [0.25, 0.3) is 0 Å². The minimum absolute atomic E-state index is 0.183. The number of halogens is 1. The van der Waals surface area contributed by atoms with Crippen molar-refractivity contribution in [1.82, 2.24) is 10.3 Å². The monoisotopic (exact) mass is 254 g/mol. The molecule has 92 valence electrons. The van der Waals surface area contributed by atoms with Gasteiger partial charge < -0.3 is 5.32 Å². The third kappa shape index (κ3) is 2.77. The third-order valence-corrected chi connectivity index (χ3v) is 4.68. The maximum Gasteiger partial charge on any atom is 0.252 e. The van der Waals surface area contributed by atoms with Gasteiger partial charge in [-0.05, 0) is 31.2 Å². The maximum absolute atomic E-state index is 12.6. The van der Waals surface area contributed by atoms with Crippen molar-refractivity contribution in [1.29, 1.82) is 0 Å². The van der Waals surface area contributed by atoms with Crippen LogP contribution in [0, 0.1) is 5.95 Å². The van der Waals surface area contributed by atoms with Crippen LogP contribution in [0.15, 0.2) is 18.3 Å². The number of hydrogen-bond donors (Lipinski definition) is 1. The van der Waals surface area contributed by atoms with Gasteiger partial charge in [0.15, 0.2) is 0 Å². The van der Waals surface area contributed by atoms with E-state index in [4.69, 9.17) is 0 Å². The molecule has 0 aromatic carbocycles. The van der Waals surface area contributed by atoms with Crippen LogP contribution in [0.2, 0.25) is 0 Å². The molecule has 0 radical (unpaired) electrons. The third-order valence-electron chi connectivity index (χ3n) is 3.26. The zero-order valence-electron chi connectivity index (χ0n) is 9.70. The van der Waals surface area contributed by atoms with Gasteiger partial charge in [-0.1, -0.05) is 6.42 Å². The highest BCUT2D eigenvalue weighted by Gasteiger charge is 2.36. The smallest absolute Gasteiger partial charge is 0.252 e. The predicted octanol–water partition coefficient (Wildman–Crippen LogP) is 2.24. The molecule has 1 aromatic rings. The van der Waals surface area contributed by atoms with Crippen molar-refractivity contribution in [3.05, 3.63) is 29.8 Å². The fraction of sp³-hybridized carbons (Fsp3) is 0.500. The number of thioether (sulfide) groups is 1. The zero-order valence-corrected chi connectivity index (χ0v) is 10.5. The lowest BCUT2D eigenvalue weighted by Crippen LogP contribution is -2.45. The number of aromatic nitrogens is 1. The van der Waals surface area contributed by atoms with E-state index in [1.807, 2.05) is 11.8 Å². The summed E-state index contributed by atoms with van der Waals surface area (Å²) in [5, 5.41) is 2.89. The Labute approximate surface area is 104 Å². The molecule has 0 aliphatic heterocycles. The quantitative estimate of drug-likeness (QED) is 0.838. The molecule has 3 nitrogen and oxygen atoms in total. The molecule has 1 aromatic heterocycles. The number of nitrogens with one attached hydrogen (secondary N) is 1. The first-order valence-electron chi connectivity index (χ1n) is 5.60. The molecule has 1 saturated carbocycles. The highest BCUT2D eigenvalue weighted by Crippen LogP contribution is 2.42. The topological polar surface area (TPSA) is 42.0 Å². The highest BCUT2D eigenvalue weighted by molar-refractivity contribution is 8.00. The largest absolute Gasteiger partial charge is 0.351 e. The lowest BCUT2D eigenvalue weighted by atomic mass is 9.84. The summed E-state index contributed by atoms with van der Waals surface area (Å²) in [6.45, 7) is 0.671. The first-order valence-corrected chi connectivity index (χ1v) is 6.83. The molecule has 0 spiro atoms. The van der Waals surface area contributed by atoms with Crippen LogP contribution in [-0.2, 0) is 0 Å². The number of carbonyl (C=O) groups excluding carboxylic acids is 1. The van der Waals surface area contributed by atoms with Gasteiger partial charge in [-0.2, -0.15) is 16.2 Å². The van der Waals surface area contributed by atoms with E-state index < -0.39 is 5.95 Å². The van der Waals surface area contributed by atoms with Crippen LogP contribution >= 0.6 is 11.8 Å². The van der Waals surface area contributed by atoms with Gasteiger partial charge in [-0.25, -0.2) is 4.98 Å². The Kier molecular flexibility index (Phi) is 3.66. The van der Waals surface area contributed by atoms with Gasteiger partial charge >= 0.3 is 0 Å². The molecule has 1 amide bonds. The first kappa shape index (κ1) is 12.4. The summed E-state index contributed by atoms with van der Waals surface area (Å²) in [5.74, 6) is -0.751. The van der Waals surface area contributed by atoms with Gasteiger partial charge in [0.2, 0.25) is 5.95 Å². The average Bonchev–Trinajstić information content (AvgIpc) is 2.29. The molecule has 0 atom stereocenters. The number of nitrogens with zero attached hydrogens (tertiary/aromatic N) is 1. The van der Waals surface area contributed by atoms with Gasteiger partial charge in [0.1, 0.15) is 0 Å². The minimum atomic E-state index is -0.568. The summed E-state index contributed by atoms with van der Waals surface area (Å²) in [6.07, 6.45) is 6.86. The molecule has 0 bridgehead atoms. The molecule has 1 aliphatic carbocycles. The molecule has 1 fully saturated rings. The van der Waals surface area contributed by atoms with E-state index in [1.54, 1.807) is 0 Å². The molecule has 17 heavy (non-hydrogen) atoms. The number of amides is 1. The van der Waals surface area contributed by atoms with E-state index in [1.165, 1.54) is 24.8 Å². The number of rotatable bonds is 4. The van der Waals surface area contributed by atoms with Crippen LogP contribution in [0.5, 0.6) is 0 Å². The maximum atomic E-state index is 12.6. The Morgan fingerprint density at radius 3 is 2.82 bits per heavy atom.